The van der Waals surface area contributed by atoms with Crippen LogP contribution in [0.15, 0.2) is 34.5 Å². The first-order valence-electron chi connectivity index (χ1n) is 3.41. The predicted molar refractivity (Wildman–Crippen MR) is 38.8 cm³/mol. The molecule has 11 heavy (non-hydrogen) atoms. The molecule has 2 nitrogen and oxygen atoms in total. The van der Waals surface area contributed by atoms with Gasteiger partial charge in [0.05, 0.1) is 0 Å². The van der Waals surface area contributed by atoms with E-state index in [4.69, 9.17) is 0 Å². The molecule has 0 spiro atoms. The fourth-order valence-corrected chi connectivity index (χ4v) is 0.925. The molecule has 0 aliphatic carbocycles. The van der Waals surface area contributed by atoms with Crippen LogP contribution >= 0.6 is 0 Å². The lowest BCUT2D eigenvalue weighted by molar-refractivity contribution is 0.290. The lowest BCUT2D eigenvalue weighted by atomic mass is 10.1. The van der Waals surface area contributed by atoms with Crippen LogP contribution in [0, 0.1) is 6.92 Å². The summed E-state index contributed by atoms with van der Waals surface area (Å²) in [6.45, 7) is 1.95. The molecular formula is C8H7FN2. The molecule has 2 rings (SSSR count). The molecule has 0 bridgehead atoms. The second-order valence-corrected chi connectivity index (χ2v) is 2.65. The Balaban J connectivity index is 2.34. The van der Waals surface area contributed by atoms with Crippen LogP contribution in [0.2, 0.25) is 0 Å². The minimum absolute atomic E-state index is 0.517. The van der Waals surface area contributed by atoms with E-state index in [-0.39, 0.29) is 0 Å². The lowest BCUT2D eigenvalue weighted by Gasteiger charge is -1.99. The highest BCUT2D eigenvalue weighted by Gasteiger charge is 2.42. The summed E-state index contributed by atoms with van der Waals surface area (Å²) in [7, 11) is 0. The first-order chi connectivity index (χ1) is 5.21. The van der Waals surface area contributed by atoms with Gasteiger partial charge in [-0.2, -0.15) is 4.39 Å². The fourth-order valence-electron chi connectivity index (χ4n) is 0.925. The molecule has 0 unspecified atom stereocenters. The van der Waals surface area contributed by atoms with Crippen LogP contribution in [0.25, 0.3) is 0 Å². The molecule has 1 aliphatic rings. The van der Waals surface area contributed by atoms with E-state index in [0.29, 0.717) is 5.56 Å². The summed E-state index contributed by atoms with van der Waals surface area (Å²) in [4.78, 5) is 0. The molecule has 1 aliphatic heterocycles. The maximum atomic E-state index is 13.0. The van der Waals surface area contributed by atoms with Gasteiger partial charge in [-0.25, -0.2) is 0 Å². The zero-order valence-corrected chi connectivity index (χ0v) is 6.08. The smallest absolute Gasteiger partial charge is 0.182 e. The molecule has 0 saturated heterocycles. The number of alkyl halides is 1. The summed E-state index contributed by atoms with van der Waals surface area (Å²) in [6, 6.07) is 7.10. The standard InChI is InChI=1S/C8H7FN2/c1-6-2-4-7(5-3-6)8(9)10-11-8/h2-5H,1H3. The average molecular weight is 150 g/mol. The van der Waals surface area contributed by atoms with E-state index in [1.54, 1.807) is 12.1 Å². The van der Waals surface area contributed by atoms with E-state index in [9.17, 15) is 4.39 Å². The summed E-state index contributed by atoms with van der Waals surface area (Å²) in [5.74, 6) is -1.71. The number of rotatable bonds is 1. The quantitative estimate of drug-likeness (QED) is 0.549. The molecule has 1 aromatic carbocycles. The highest BCUT2D eigenvalue weighted by atomic mass is 19.2. The Morgan fingerprint density at radius 1 is 1.18 bits per heavy atom. The van der Waals surface area contributed by atoms with Crippen LogP contribution in [0.4, 0.5) is 4.39 Å². The van der Waals surface area contributed by atoms with E-state index in [1.807, 2.05) is 19.1 Å². The Labute approximate surface area is 63.8 Å². The summed E-state index contributed by atoms with van der Waals surface area (Å²) >= 11 is 0. The van der Waals surface area contributed by atoms with Gasteiger partial charge < -0.3 is 0 Å². The molecule has 0 N–H and O–H groups in total. The van der Waals surface area contributed by atoms with Gasteiger partial charge in [-0.05, 0) is 6.92 Å². The van der Waals surface area contributed by atoms with Crippen LogP contribution < -0.4 is 0 Å². The number of aryl methyl sites for hydroxylation is 1. The van der Waals surface area contributed by atoms with Gasteiger partial charge in [0.1, 0.15) is 0 Å². The van der Waals surface area contributed by atoms with Crippen molar-refractivity contribution in [1.82, 2.24) is 0 Å². The largest absolute Gasteiger partial charge is 0.354 e. The van der Waals surface area contributed by atoms with Crippen LogP contribution in [0.1, 0.15) is 11.1 Å². The Morgan fingerprint density at radius 2 is 1.73 bits per heavy atom. The van der Waals surface area contributed by atoms with E-state index in [1.165, 1.54) is 0 Å². The van der Waals surface area contributed by atoms with E-state index >= 15 is 0 Å². The third-order valence-corrected chi connectivity index (χ3v) is 1.69. The topological polar surface area (TPSA) is 24.7 Å². The Morgan fingerprint density at radius 3 is 2.18 bits per heavy atom. The molecule has 56 valence electrons. The van der Waals surface area contributed by atoms with Crippen molar-refractivity contribution in [2.24, 2.45) is 10.2 Å². The average Bonchev–Trinajstić information content (AvgIpc) is 2.70. The van der Waals surface area contributed by atoms with Gasteiger partial charge in [0, 0.05) is 5.56 Å². The molecule has 0 radical (unpaired) electrons. The van der Waals surface area contributed by atoms with Gasteiger partial charge in [0.25, 0.3) is 0 Å². The SMILES string of the molecule is Cc1ccc(C2(F)N=N2)cc1. The monoisotopic (exact) mass is 150 g/mol. The van der Waals surface area contributed by atoms with E-state index in [0.717, 1.165) is 5.56 Å². The van der Waals surface area contributed by atoms with Gasteiger partial charge in [-0.15, -0.1) is 10.2 Å². The highest BCUT2D eigenvalue weighted by Crippen LogP contribution is 2.40. The third-order valence-electron chi connectivity index (χ3n) is 1.69. The second kappa shape index (κ2) is 1.87. The Hall–Kier alpha value is -1.25. The summed E-state index contributed by atoms with van der Waals surface area (Å²) in [5.41, 5.74) is 1.63. The van der Waals surface area contributed by atoms with Crippen molar-refractivity contribution in [3.05, 3.63) is 35.4 Å². The fraction of sp³-hybridized carbons (Fsp3) is 0.250. The molecule has 0 atom stereocenters. The van der Waals surface area contributed by atoms with Crippen molar-refractivity contribution in [3.8, 4) is 0 Å². The number of benzene rings is 1. The third kappa shape index (κ3) is 1.02. The van der Waals surface area contributed by atoms with Gasteiger partial charge in [-0.1, -0.05) is 29.8 Å². The van der Waals surface area contributed by atoms with Crippen molar-refractivity contribution >= 4 is 0 Å². The van der Waals surface area contributed by atoms with Gasteiger partial charge in [0.15, 0.2) is 0 Å². The van der Waals surface area contributed by atoms with Crippen LogP contribution in [-0.2, 0) is 5.92 Å². The maximum absolute atomic E-state index is 13.0. The molecule has 3 heteroatoms. The molecule has 0 amide bonds. The Kier molecular flexibility index (Phi) is 1.10. The number of hydrogen-bond donors (Lipinski definition) is 0. The van der Waals surface area contributed by atoms with E-state index < -0.39 is 5.92 Å². The van der Waals surface area contributed by atoms with Crippen molar-refractivity contribution in [1.29, 1.82) is 0 Å². The number of halogens is 1. The summed E-state index contributed by atoms with van der Waals surface area (Å²) < 4.78 is 13.0. The van der Waals surface area contributed by atoms with Crippen molar-refractivity contribution < 1.29 is 4.39 Å². The first kappa shape index (κ1) is 6.46. The van der Waals surface area contributed by atoms with Crippen LogP contribution in [0.5, 0.6) is 0 Å². The van der Waals surface area contributed by atoms with Gasteiger partial charge >= 0.3 is 5.92 Å². The molecule has 1 heterocycles. The number of hydrogen-bond acceptors (Lipinski definition) is 2. The second-order valence-electron chi connectivity index (χ2n) is 2.65. The maximum Gasteiger partial charge on any atom is 0.354 e. The van der Waals surface area contributed by atoms with Crippen molar-refractivity contribution in [3.63, 3.8) is 0 Å². The molecule has 0 saturated carbocycles. The van der Waals surface area contributed by atoms with Gasteiger partial charge in [-0.3, -0.25) is 0 Å². The zero-order chi connectivity index (χ0) is 7.90. The van der Waals surface area contributed by atoms with Gasteiger partial charge in [0.2, 0.25) is 0 Å². The zero-order valence-electron chi connectivity index (χ0n) is 6.08. The minimum Gasteiger partial charge on any atom is -0.182 e. The summed E-state index contributed by atoms with van der Waals surface area (Å²) in [6.07, 6.45) is 0. The Bertz CT molecular complexity index is 296. The lowest BCUT2D eigenvalue weighted by Crippen LogP contribution is -1.98. The molecule has 0 aromatic heterocycles. The minimum atomic E-state index is -1.71. The van der Waals surface area contributed by atoms with Crippen molar-refractivity contribution in [2.75, 3.05) is 0 Å². The first-order valence-corrected chi connectivity index (χ1v) is 3.41. The van der Waals surface area contributed by atoms with Crippen molar-refractivity contribution in [2.45, 2.75) is 12.8 Å². The molecule has 0 fully saturated rings. The molecule has 1 aromatic rings. The molecular weight excluding hydrogens is 143 g/mol. The van der Waals surface area contributed by atoms with Crippen LogP contribution in [0.3, 0.4) is 0 Å². The summed E-state index contributed by atoms with van der Waals surface area (Å²) in [5, 5.41) is 6.59. The number of nitrogens with zero attached hydrogens (tertiary/aromatic N) is 2. The van der Waals surface area contributed by atoms with E-state index in [2.05, 4.69) is 10.2 Å². The predicted octanol–water partition coefficient (Wildman–Crippen LogP) is 2.54. The van der Waals surface area contributed by atoms with Crippen LogP contribution in [-0.4, -0.2) is 0 Å². The normalized spacial score (nSPS) is 18.4. The highest BCUT2D eigenvalue weighted by molar-refractivity contribution is 5.27.